The third-order valence-corrected chi connectivity index (χ3v) is 3.88. The molecule has 1 aliphatic rings. The lowest BCUT2D eigenvalue weighted by Gasteiger charge is -2.34. The van der Waals surface area contributed by atoms with Gasteiger partial charge in [0.1, 0.15) is 4.88 Å². The number of piperidine rings is 1. The standard InChI is InChI=1S/C11H17N3OS.ClH/c1-8-13-7-9(16-8)10(15)14-11(2)3-5-12-6-4-11;/h7,12H,3-6H2,1-2H3,(H,14,15);1H. The first-order chi connectivity index (χ1) is 7.59. The summed E-state index contributed by atoms with van der Waals surface area (Å²) in [6, 6.07) is 0. The summed E-state index contributed by atoms with van der Waals surface area (Å²) in [7, 11) is 0. The van der Waals surface area contributed by atoms with Crippen LogP contribution in [-0.2, 0) is 0 Å². The SMILES string of the molecule is Cc1ncc(C(=O)NC2(C)CCNCC2)s1.Cl. The van der Waals surface area contributed by atoms with Gasteiger partial charge in [0.25, 0.3) is 5.91 Å². The van der Waals surface area contributed by atoms with Gasteiger partial charge in [-0.3, -0.25) is 4.79 Å². The molecule has 0 unspecified atom stereocenters. The topological polar surface area (TPSA) is 54.0 Å². The molecule has 0 spiro atoms. The molecule has 2 rings (SSSR count). The summed E-state index contributed by atoms with van der Waals surface area (Å²) in [6.07, 6.45) is 3.62. The molecule has 1 fully saturated rings. The Morgan fingerprint density at radius 3 is 2.71 bits per heavy atom. The zero-order valence-electron chi connectivity index (χ0n) is 10.1. The summed E-state index contributed by atoms with van der Waals surface area (Å²) in [4.78, 5) is 16.8. The van der Waals surface area contributed by atoms with Gasteiger partial charge in [-0.25, -0.2) is 4.98 Å². The van der Waals surface area contributed by atoms with Crippen molar-refractivity contribution in [3.8, 4) is 0 Å². The number of nitrogens with zero attached hydrogens (tertiary/aromatic N) is 1. The lowest BCUT2D eigenvalue weighted by molar-refractivity contribution is 0.0891. The highest BCUT2D eigenvalue weighted by Gasteiger charge is 2.29. The van der Waals surface area contributed by atoms with E-state index in [1.807, 2.05) is 6.92 Å². The highest BCUT2D eigenvalue weighted by molar-refractivity contribution is 7.13. The van der Waals surface area contributed by atoms with Gasteiger partial charge in [0, 0.05) is 5.54 Å². The second-order valence-corrected chi connectivity index (χ2v) is 5.74. The van der Waals surface area contributed by atoms with Crippen molar-refractivity contribution in [1.29, 1.82) is 0 Å². The predicted octanol–water partition coefficient (Wildman–Crippen LogP) is 1.75. The Balaban J connectivity index is 0.00000144. The van der Waals surface area contributed by atoms with Gasteiger partial charge in [0.15, 0.2) is 0 Å². The fraction of sp³-hybridized carbons (Fsp3) is 0.636. The van der Waals surface area contributed by atoms with E-state index in [9.17, 15) is 4.79 Å². The van der Waals surface area contributed by atoms with Gasteiger partial charge in [-0.15, -0.1) is 23.7 Å². The molecule has 17 heavy (non-hydrogen) atoms. The van der Waals surface area contributed by atoms with E-state index in [0.29, 0.717) is 4.88 Å². The number of nitrogens with one attached hydrogen (secondary N) is 2. The molecular weight excluding hydrogens is 258 g/mol. The van der Waals surface area contributed by atoms with Gasteiger partial charge in [0.2, 0.25) is 0 Å². The molecule has 6 heteroatoms. The van der Waals surface area contributed by atoms with Crippen LogP contribution >= 0.6 is 23.7 Å². The Morgan fingerprint density at radius 1 is 1.53 bits per heavy atom. The number of carbonyl (C=O) groups excluding carboxylic acids is 1. The normalized spacial score (nSPS) is 18.2. The molecule has 4 nitrogen and oxygen atoms in total. The molecule has 2 heterocycles. The molecular formula is C11H18ClN3OS. The van der Waals surface area contributed by atoms with Crippen molar-refractivity contribution in [2.75, 3.05) is 13.1 Å². The third kappa shape index (κ3) is 3.66. The van der Waals surface area contributed by atoms with Crippen molar-refractivity contribution in [3.05, 3.63) is 16.1 Å². The number of thiazole rings is 1. The van der Waals surface area contributed by atoms with Crippen LogP contribution in [-0.4, -0.2) is 29.5 Å². The van der Waals surface area contributed by atoms with E-state index in [-0.39, 0.29) is 23.9 Å². The number of halogens is 1. The molecule has 1 aromatic heterocycles. The molecule has 1 aromatic rings. The van der Waals surface area contributed by atoms with Crippen molar-refractivity contribution in [2.24, 2.45) is 0 Å². The van der Waals surface area contributed by atoms with Crippen LogP contribution in [0.1, 0.15) is 34.4 Å². The average molecular weight is 276 g/mol. The largest absolute Gasteiger partial charge is 0.346 e. The zero-order chi connectivity index (χ0) is 11.6. The predicted molar refractivity (Wildman–Crippen MR) is 72.1 cm³/mol. The number of hydrogen-bond donors (Lipinski definition) is 2. The zero-order valence-corrected chi connectivity index (χ0v) is 11.7. The summed E-state index contributed by atoms with van der Waals surface area (Å²) in [6.45, 7) is 5.96. The van der Waals surface area contributed by atoms with Gasteiger partial charge in [-0.05, 0) is 39.8 Å². The summed E-state index contributed by atoms with van der Waals surface area (Å²) in [5.74, 6) is 0.00926. The maximum Gasteiger partial charge on any atom is 0.263 e. The van der Waals surface area contributed by atoms with Gasteiger partial charge in [0.05, 0.1) is 11.2 Å². The Kier molecular flexibility index (Phi) is 4.91. The Morgan fingerprint density at radius 2 is 2.18 bits per heavy atom. The number of aryl methyl sites for hydroxylation is 1. The lowest BCUT2D eigenvalue weighted by atomic mass is 9.90. The molecule has 2 N–H and O–H groups in total. The minimum absolute atomic E-state index is 0. The summed E-state index contributed by atoms with van der Waals surface area (Å²) >= 11 is 1.44. The molecule has 0 saturated carbocycles. The summed E-state index contributed by atoms with van der Waals surface area (Å²) in [5.41, 5.74) is -0.0692. The van der Waals surface area contributed by atoms with Crippen LogP contribution in [0.15, 0.2) is 6.20 Å². The average Bonchev–Trinajstić information content (AvgIpc) is 2.65. The van der Waals surface area contributed by atoms with Crippen LogP contribution in [0.2, 0.25) is 0 Å². The Labute approximate surface area is 112 Å². The van der Waals surface area contributed by atoms with Gasteiger partial charge in [-0.2, -0.15) is 0 Å². The Bertz CT molecular complexity index is 388. The van der Waals surface area contributed by atoms with E-state index in [0.717, 1.165) is 30.9 Å². The molecule has 0 bridgehead atoms. The monoisotopic (exact) mass is 275 g/mol. The van der Waals surface area contributed by atoms with Gasteiger partial charge >= 0.3 is 0 Å². The fourth-order valence-electron chi connectivity index (χ4n) is 1.91. The van der Waals surface area contributed by atoms with Gasteiger partial charge in [-0.1, -0.05) is 0 Å². The number of hydrogen-bond acceptors (Lipinski definition) is 4. The maximum atomic E-state index is 12.0. The van der Waals surface area contributed by atoms with Crippen LogP contribution in [0, 0.1) is 6.92 Å². The van der Waals surface area contributed by atoms with E-state index >= 15 is 0 Å². The van der Waals surface area contributed by atoms with Crippen molar-refractivity contribution in [3.63, 3.8) is 0 Å². The number of aromatic nitrogens is 1. The van der Waals surface area contributed by atoms with Crippen molar-refractivity contribution in [1.82, 2.24) is 15.6 Å². The minimum Gasteiger partial charge on any atom is -0.346 e. The minimum atomic E-state index is -0.0692. The molecule has 1 saturated heterocycles. The van der Waals surface area contributed by atoms with Crippen molar-refractivity contribution in [2.45, 2.75) is 32.2 Å². The first-order valence-corrected chi connectivity index (χ1v) is 6.36. The first-order valence-electron chi connectivity index (χ1n) is 5.55. The molecule has 96 valence electrons. The first kappa shape index (κ1) is 14.4. The van der Waals surface area contributed by atoms with Crippen molar-refractivity contribution < 1.29 is 4.79 Å². The maximum absolute atomic E-state index is 12.0. The third-order valence-electron chi connectivity index (χ3n) is 2.97. The smallest absolute Gasteiger partial charge is 0.263 e. The van der Waals surface area contributed by atoms with Crippen LogP contribution in [0.3, 0.4) is 0 Å². The highest BCUT2D eigenvalue weighted by Crippen LogP contribution is 2.19. The second-order valence-electron chi connectivity index (χ2n) is 4.51. The summed E-state index contributed by atoms with van der Waals surface area (Å²) < 4.78 is 0. The van der Waals surface area contributed by atoms with Gasteiger partial charge < -0.3 is 10.6 Å². The van der Waals surface area contributed by atoms with E-state index in [2.05, 4.69) is 22.5 Å². The number of rotatable bonds is 2. The van der Waals surface area contributed by atoms with E-state index in [1.54, 1.807) is 6.20 Å². The molecule has 1 aliphatic heterocycles. The van der Waals surface area contributed by atoms with E-state index in [1.165, 1.54) is 11.3 Å². The molecule has 0 aliphatic carbocycles. The number of carbonyl (C=O) groups is 1. The highest BCUT2D eigenvalue weighted by atomic mass is 35.5. The molecule has 0 atom stereocenters. The molecule has 0 radical (unpaired) electrons. The van der Waals surface area contributed by atoms with Crippen LogP contribution < -0.4 is 10.6 Å². The second kappa shape index (κ2) is 5.80. The lowest BCUT2D eigenvalue weighted by Crippen LogP contribution is -2.52. The fourth-order valence-corrected chi connectivity index (χ4v) is 2.58. The number of amides is 1. The van der Waals surface area contributed by atoms with Crippen LogP contribution in [0.4, 0.5) is 0 Å². The van der Waals surface area contributed by atoms with Crippen LogP contribution in [0.5, 0.6) is 0 Å². The van der Waals surface area contributed by atoms with E-state index < -0.39 is 0 Å². The Hall–Kier alpha value is -0.650. The molecule has 0 aromatic carbocycles. The van der Waals surface area contributed by atoms with Crippen LogP contribution in [0.25, 0.3) is 0 Å². The van der Waals surface area contributed by atoms with E-state index in [4.69, 9.17) is 0 Å². The summed E-state index contributed by atoms with van der Waals surface area (Å²) in [5, 5.41) is 7.34. The van der Waals surface area contributed by atoms with Crippen molar-refractivity contribution >= 4 is 29.7 Å². The quantitative estimate of drug-likeness (QED) is 0.865. The molecule has 1 amide bonds.